The molecule has 0 unspecified atom stereocenters. The molecule has 2 aromatic heterocycles. The molecule has 5 aromatic rings. The lowest BCUT2D eigenvalue weighted by molar-refractivity contribution is 0.557. The topological polar surface area (TPSA) is 60.9 Å². The van der Waals surface area contributed by atoms with Crippen molar-refractivity contribution in [3.05, 3.63) is 105 Å². The normalized spacial score (nSPS) is 11.3. The molecule has 3 aromatic carbocycles. The first-order valence-corrected chi connectivity index (χ1v) is 12.1. The highest BCUT2D eigenvalue weighted by Crippen LogP contribution is 2.32. The van der Waals surface area contributed by atoms with Crippen molar-refractivity contribution in [2.24, 2.45) is 0 Å². The van der Waals surface area contributed by atoms with E-state index in [4.69, 9.17) is 4.42 Å². The number of hydrogen-bond donors (Lipinski definition) is 0. The SMILES string of the molecule is Cc1ccc(-n2c(SCc3cc(=O)oc4c(C)c(C)ccc34)nnc2-c2ccccc2)cc1C. The first-order valence-electron chi connectivity index (χ1n) is 11.2. The van der Waals surface area contributed by atoms with Crippen LogP contribution in [0.1, 0.15) is 27.8 Å². The molecule has 0 fully saturated rings. The molecular weight excluding hydrogens is 442 g/mol. The lowest BCUT2D eigenvalue weighted by Gasteiger charge is -2.13. The number of hydrogen-bond acceptors (Lipinski definition) is 5. The Balaban J connectivity index is 1.59. The summed E-state index contributed by atoms with van der Waals surface area (Å²) in [6, 6.07) is 22.1. The summed E-state index contributed by atoms with van der Waals surface area (Å²) in [5, 5.41) is 10.8. The van der Waals surface area contributed by atoms with Crippen LogP contribution in [0.4, 0.5) is 0 Å². The molecular formula is C28H25N3O2S. The maximum atomic E-state index is 12.3. The first-order chi connectivity index (χ1) is 16.4. The summed E-state index contributed by atoms with van der Waals surface area (Å²) < 4.78 is 7.64. The van der Waals surface area contributed by atoms with Gasteiger partial charge < -0.3 is 4.42 Å². The van der Waals surface area contributed by atoms with Crippen LogP contribution >= 0.6 is 11.8 Å². The summed E-state index contributed by atoms with van der Waals surface area (Å²) in [6.07, 6.45) is 0. The number of fused-ring (bicyclic) bond motifs is 1. The predicted molar refractivity (Wildman–Crippen MR) is 138 cm³/mol. The van der Waals surface area contributed by atoms with Crippen molar-refractivity contribution in [3.8, 4) is 17.1 Å². The molecule has 5 rings (SSSR count). The molecule has 0 N–H and O–H groups in total. The predicted octanol–water partition coefficient (Wildman–Crippen LogP) is 6.57. The number of thioether (sulfide) groups is 1. The molecule has 0 saturated carbocycles. The van der Waals surface area contributed by atoms with Gasteiger partial charge in [-0.3, -0.25) is 4.57 Å². The standard InChI is InChI=1S/C28H25N3O2S/c1-17-10-12-23(14-19(17)3)31-27(21-8-6-5-7-9-21)29-30-28(31)34-16-22-15-25(32)33-26-20(4)18(2)11-13-24(22)26/h5-15H,16H2,1-4H3. The van der Waals surface area contributed by atoms with Crippen LogP contribution in [0, 0.1) is 27.7 Å². The number of nitrogens with zero attached hydrogens (tertiary/aromatic N) is 3. The summed E-state index contributed by atoms with van der Waals surface area (Å²) in [6.45, 7) is 8.22. The zero-order valence-electron chi connectivity index (χ0n) is 19.6. The molecule has 0 aliphatic rings. The van der Waals surface area contributed by atoms with Crippen molar-refractivity contribution in [2.45, 2.75) is 38.6 Å². The Bertz CT molecular complexity index is 1570. The van der Waals surface area contributed by atoms with E-state index in [1.807, 2.05) is 50.2 Å². The van der Waals surface area contributed by atoms with Gasteiger partial charge in [0.15, 0.2) is 11.0 Å². The number of benzene rings is 3. The van der Waals surface area contributed by atoms with E-state index in [9.17, 15) is 4.79 Å². The van der Waals surface area contributed by atoms with Gasteiger partial charge in [0.1, 0.15) is 5.58 Å². The van der Waals surface area contributed by atoms with Crippen LogP contribution < -0.4 is 5.63 Å². The highest BCUT2D eigenvalue weighted by atomic mass is 32.2. The lowest BCUT2D eigenvalue weighted by Crippen LogP contribution is -2.03. The fourth-order valence-corrected chi connectivity index (χ4v) is 4.96. The van der Waals surface area contributed by atoms with Crippen LogP contribution in [0.15, 0.2) is 81.1 Å². The second-order valence-electron chi connectivity index (χ2n) is 8.54. The lowest BCUT2D eigenvalue weighted by atomic mass is 10.0. The molecule has 2 heterocycles. The second kappa shape index (κ2) is 8.95. The van der Waals surface area contributed by atoms with Gasteiger partial charge in [0.25, 0.3) is 0 Å². The molecule has 5 nitrogen and oxygen atoms in total. The Kier molecular flexibility index (Phi) is 5.84. The van der Waals surface area contributed by atoms with Crippen molar-refractivity contribution in [3.63, 3.8) is 0 Å². The Hall–Kier alpha value is -3.64. The van der Waals surface area contributed by atoms with Crippen molar-refractivity contribution in [1.82, 2.24) is 14.8 Å². The first kappa shape index (κ1) is 22.2. The summed E-state index contributed by atoms with van der Waals surface area (Å²) >= 11 is 1.56. The van der Waals surface area contributed by atoms with Crippen molar-refractivity contribution >= 4 is 22.7 Å². The Morgan fingerprint density at radius 3 is 2.38 bits per heavy atom. The highest BCUT2D eigenvalue weighted by Gasteiger charge is 2.18. The molecule has 0 bridgehead atoms. The van der Waals surface area contributed by atoms with Gasteiger partial charge in [-0.15, -0.1) is 10.2 Å². The maximum absolute atomic E-state index is 12.3. The highest BCUT2D eigenvalue weighted by molar-refractivity contribution is 7.98. The number of rotatable bonds is 5. The average Bonchev–Trinajstić information content (AvgIpc) is 3.26. The molecule has 34 heavy (non-hydrogen) atoms. The molecule has 0 saturated heterocycles. The summed E-state index contributed by atoms with van der Waals surface area (Å²) in [4.78, 5) is 12.3. The molecule has 0 amide bonds. The maximum Gasteiger partial charge on any atom is 0.336 e. The molecule has 170 valence electrons. The second-order valence-corrected chi connectivity index (χ2v) is 9.48. The van der Waals surface area contributed by atoms with E-state index in [1.165, 1.54) is 11.1 Å². The van der Waals surface area contributed by atoms with Crippen LogP contribution in [0.2, 0.25) is 0 Å². The fraction of sp³-hybridized carbons (Fsp3) is 0.179. The smallest absolute Gasteiger partial charge is 0.336 e. The van der Waals surface area contributed by atoms with Crippen LogP contribution in [0.3, 0.4) is 0 Å². The van der Waals surface area contributed by atoms with E-state index in [2.05, 4.69) is 52.9 Å². The van der Waals surface area contributed by atoms with E-state index in [0.29, 0.717) is 11.3 Å². The minimum Gasteiger partial charge on any atom is -0.422 e. The van der Waals surface area contributed by atoms with E-state index in [0.717, 1.165) is 44.3 Å². The molecule has 6 heteroatoms. The molecule has 0 spiro atoms. The van der Waals surface area contributed by atoms with Gasteiger partial charge in [0, 0.05) is 22.8 Å². The van der Waals surface area contributed by atoms with E-state index in [1.54, 1.807) is 17.8 Å². The van der Waals surface area contributed by atoms with Crippen LogP contribution in [0.25, 0.3) is 28.0 Å². The minimum atomic E-state index is -0.336. The minimum absolute atomic E-state index is 0.336. The third kappa shape index (κ3) is 4.05. The van der Waals surface area contributed by atoms with Crippen molar-refractivity contribution in [2.75, 3.05) is 0 Å². The van der Waals surface area contributed by atoms with Crippen LogP contribution in [0.5, 0.6) is 0 Å². The number of aromatic nitrogens is 3. The van der Waals surface area contributed by atoms with Gasteiger partial charge in [-0.2, -0.15) is 0 Å². The van der Waals surface area contributed by atoms with Gasteiger partial charge >= 0.3 is 5.63 Å². The zero-order chi connectivity index (χ0) is 23.8. The zero-order valence-corrected chi connectivity index (χ0v) is 20.4. The van der Waals surface area contributed by atoms with Gasteiger partial charge in [0.2, 0.25) is 0 Å². The molecule has 0 radical (unpaired) electrons. The Morgan fingerprint density at radius 1 is 0.853 bits per heavy atom. The van der Waals surface area contributed by atoms with Gasteiger partial charge in [0.05, 0.1) is 5.69 Å². The van der Waals surface area contributed by atoms with Crippen molar-refractivity contribution in [1.29, 1.82) is 0 Å². The molecule has 0 aliphatic carbocycles. The van der Waals surface area contributed by atoms with Gasteiger partial charge in [-0.05, 0) is 67.6 Å². The fourth-order valence-electron chi connectivity index (χ4n) is 4.02. The van der Waals surface area contributed by atoms with Gasteiger partial charge in [-0.25, -0.2) is 4.79 Å². The third-order valence-corrected chi connectivity index (χ3v) is 7.27. The van der Waals surface area contributed by atoms with E-state index < -0.39 is 0 Å². The largest absolute Gasteiger partial charge is 0.422 e. The summed E-state index contributed by atoms with van der Waals surface area (Å²) in [5.41, 5.74) is 7.79. The summed E-state index contributed by atoms with van der Waals surface area (Å²) in [5.74, 6) is 1.36. The Morgan fingerprint density at radius 2 is 1.62 bits per heavy atom. The summed E-state index contributed by atoms with van der Waals surface area (Å²) in [7, 11) is 0. The van der Waals surface area contributed by atoms with Crippen LogP contribution in [-0.2, 0) is 5.75 Å². The number of aryl methyl sites for hydroxylation is 4. The molecule has 0 aliphatic heterocycles. The van der Waals surface area contributed by atoms with Gasteiger partial charge in [-0.1, -0.05) is 60.3 Å². The van der Waals surface area contributed by atoms with E-state index in [-0.39, 0.29) is 5.63 Å². The monoisotopic (exact) mass is 467 g/mol. The molecule has 0 atom stereocenters. The third-order valence-electron chi connectivity index (χ3n) is 6.29. The van der Waals surface area contributed by atoms with E-state index >= 15 is 0 Å². The Labute approximate surface area is 202 Å². The average molecular weight is 468 g/mol. The van der Waals surface area contributed by atoms with Crippen molar-refractivity contribution < 1.29 is 4.42 Å². The van der Waals surface area contributed by atoms with Crippen LogP contribution in [-0.4, -0.2) is 14.8 Å². The quantitative estimate of drug-likeness (QED) is 0.216.